The zero-order chi connectivity index (χ0) is 14.4. The maximum Gasteiger partial charge on any atom is 0.261 e. The van der Waals surface area contributed by atoms with E-state index in [4.69, 9.17) is 0 Å². The van der Waals surface area contributed by atoms with Gasteiger partial charge in [-0.15, -0.1) is 0 Å². The largest absolute Gasteiger partial charge is 0.354 e. The summed E-state index contributed by atoms with van der Waals surface area (Å²) in [6.07, 6.45) is 4.10. The van der Waals surface area contributed by atoms with Crippen LogP contribution >= 0.6 is 0 Å². The van der Waals surface area contributed by atoms with Gasteiger partial charge in [0.1, 0.15) is 0 Å². The molecule has 1 amide bonds. The molecule has 0 aliphatic carbocycles. The highest BCUT2D eigenvalue weighted by Crippen LogP contribution is 2.14. The number of amides is 1. The molecule has 0 unspecified atom stereocenters. The van der Waals surface area contributed by atoms with Crippen molar-refractivity contribution in [2.24, 2.45) is 0 Å². The Kier molecular flexibility index (Phi) is 4.65. The number of carbonyl (C=O) groups excluding carboxylic acids is 1. The van der Waals surface area contributed by atoms with Crippen molar-refractivity contribution in [3.05, 3.63) is 48.3 Å². The smallest absolute Gasteiger partial charge is 0.261 e. The summed E-state index contributed by atoms with van der Waals surface area (Å²) < 4.78 is 0. The Morgan fingerprint density at radius 1 is 1.20 bits per heavy atom. The van der Waals surface area contributed by atoms with E-state index in [1.165, 1.54) is 0 Å². The molecule has 1 heterocycles. The summed E-state index contributed by atoms with van der Waals surface area (Å²) in [6, 6.07) is 9.48. The van der Waals surface area contributed by atoms with Crippen molar-refractivity contribution in [1.82, 2.24) is 9.97 Å². The number of hydrogen-bond donors (Lipinski definition) is 1. The lowest BCUT2D eigenvalue weighted by molar-refractivity contribution is 0.0992. The number of anilines is 2. The van der Waals surface area contributed by atoms with Gasteiger partial charge in [0.05, 0.1) is 5.56 Å². The summed E-state index contributed by atoms with van der Waals surface area (Å²) in [5.74, 6) is 0.420. The third-order valence-corrected chi connectivity index (χ3v) is 2.88. The molecule has 2 aromatic rings. The van der Waals surface area contributed by atoms with Crippen LogP contribution in [0.25, 0.3) is 0 Å². The molecule has 0 radical (unpaired) electrons. The summed E-state index contributed by atoms with van der Waals surface area (Å²) >= 11 is 0. The number of nitrogens with one attached hydrogen (secondary N) is 1. The lowest BCUT2D eigenvalue weighted by Gasteiger charge is -2.16. The second kappa shape index (κ2) is 6.65. The van der Waals surface area contributed by atoms with Crippen molar-refractivity contribution in [1.29, 1.82) is 0 Å². The molecule has 0 bridgehead atoms. The molecule has 20 heavy (non-hydrogen) atoms. The van der Waals surface area contributed by atoms with Crippen molar-refractivity contribution in [3.8, 4) is 0 Å². The van der Waals surface area contributed by atoms with E-state index in [1.54, 1.807) is 24.3 Å². The maximum atomic E-state index is 12.3. The fourth-order valence-corrected chi connectivity index (χ4v) is 1.73. The highest BCUT2D eigenvalue weighted by Gasteiger charge is 2.14. The monoisotopic (exact) mass is 270 g/mol. The van der Waals surface area contributed by atoms with Crippen molar-refractivity contribution < 1.29 is 4.79 Å². The molecule has 1 aromatic heterocycles. The fraction of sp³-hybridized carbons (Fsp3) is 0.267. The topological polar surface area (TPSA) is 58.1 Å². The van der Waals surface area contributed by atoms with Crippen LogP contribution in [0.5, 0.6) is 0 Å². The third-order valence-electron chi connectivity index (χ3n) is 2.88. The van der Waals surface area contributed by atoms with Crippen molar-refractivity contribution in [2.45, 2.75) is 13.3 Å². The molecule has 0 aliphatic rings. The number of hydrogen-bond acceptors (Lipinski definition) is 4. The van der Waals surface area contributed by atoms with Crippen LogP contribution in [-0.4, -0.2) is 29.5 Å². The third kappa shape index (κ3) is 3.32. The normalized spacial score (nSPS) is 10.1. The van der Waals surface area contributed by atoms with Gasteiger partial charge in [0.15, 0.2) is 0 Å². The van der Waals surface area contributed by atoms with Crippen molar-refractivity contribution >= 4 is 17.5 Å². The number of nitrogens with zero attached hydrogens (tertiary/aromatic N) is 3. The fourth-order valence-electron chi connectivity index (χ4n) is 1.73. The molecule has 0 fully saturated rings. The highest BCUT2D eigenvalue weighted by atomic mass is 16.2. The average Bonchev–Trinajstić information content (AvgIpc) is 2.53. The van der Waals surface area contributed by atoms with Crippen LogP contribution < -0.4 is 10.2 Å². The van der Waals surface area contributed by atoms with Gasteiger partial charge in [-0.25, -0.2) is 9.97 Å². The Labute approximate surface area is 118 Å². The van der Waals surface area contributed by atoms with E-state index < -0.39 is 0 Å². The first-order valence-electron chi connectivity index (χ1n) is 6.61. The molecule has 0 aliphatic heterocycles. The van der Waals surface area contributed by atoms with Gasteiger partial charge in [-0.3, -0.25) is 4.79 Å². The van der Waals surface area contributed by atoms with Crippen LogP contribution in [0.4, 0.5) is 11.6 Å². The van der Waals surface area contributed by atoms with Gasteiger partial charge in [0.25, 0.3) is 5.91 Å². The Balaban J connectivity index is 2.09. The Morgan fingerprint density at radius 3 is 2.45 bits per heavy atom. The Bertz CT molecular complexity index is 554. The molecule has 0 spiro atoms. The number of aromatic nitrogens is 2. The lowest BCUT2D eigenvalue weighted by Crippen LogP contribution is -2.26. The molecular formula is C15H18N4O. The van der Waals surface area contributed by atoms with Crippen LogP contribution in [-0.2, 0) is 0 Å². The molecule has 1 N–H and O–H groups in total. The van der Waals surface area contributed by atoms with E-state index >= 15 is 0 Å². The van der Waals surface area contributed by atoms with Gasteiger partial charge >= 0.3 is 0 Å². The van der Waals surface area contributed by atoms with Crippen molar-refractivity contribution in [2.75, 3.05) is 23.8 Å². The molecule has 1 aromatic carbocycles. The van der Waals surface area contributed by atoms with Crippen LogP contribution in [0.15, 0.2) is 42.7 Å². The van der Waals surface area contributed by atoms with Crippen molar-refractivity contribution in [3.63, 3.8) is 0 Å². The molecule has 0 atom stereocenters. The highest BCUT2D eigenvalue weighted by molar-refractivity contribution is 6.05. The van der Waals surface area contributed by atoms with E-state index in [1.807, 2.05) is 30.3 Å². The number of rotatable bonds is 5. The Hall–Kier alpha value is -2.43. The lowest BCUT2D eigenvalue weighted by atomic mass is 10.2. The molecular weight excluding hydrogens is 252 g/mol. The van der Waals surface area contributed by atoms with Crippen LogP contribution in [0.3, 0.4) is 0 Å². The minimum atomic E-state index is -0.127. The van der Waals surface area contributed by atoms with E-state index in [2.05, 4.69) is 22.2 Å². The average molecular weight is 270 g/mol. The summed E-state index contributed by atoms with van der Waals surface area (Å²) in [6.45, 7) is 2.89. The maximum absolute atomic E-state index is 12.3. The molecule has 5 nitrogen and oxygen atoms in total. The second-order valence-corrected chi connectivity index (χ2v) is 4.42. The van der Waals surface area contributed by atoms with E-state index in [0.29, 0.717) is 11.5 Å². The van der Waals surface area contributed by atoms with Gasteiger partial charge in [0.2, 0.25) is 5.95 Å². The van der Waals surface area contributed by atoms with Crippen LogP contribution in [0, 0.1) is 0 Å². The van der Waals surface area contributed by atoms with Gasteiger partial charge in [0, 0.05) is 31.7 Å². The zero-order valence-electron chi connectivity index (χ0n) is 11.7. The number of para-hydroxylation sites is 1. The number of carbonyl (C=O) groups is 1. The minimum absolute atomic E-state index is 0.127. The quantitative estimate of drug-likeness (QED) is 0.907. The van der Waals surface area contributed by atoms with Crippen LogP contribution in [0.1, 0.15) is 23.7 Å². The van der Waals surface area contributed by atoms with Gasteiger partial charge in [-0.1, -0.05) is 25.1 Å². The second-order valence-electron chi connectivity index (χ2n) is 4.42. The van der Waals surface area contributed by atoms with Gasteiger partial charge in [-0.2, -0.15) is 0 Å². The number of benzene rings is 1. The first-order valence-corrected chi connectivity index (χ1v) is 6.61. The molecule has 5 heteroatoms. The minimum Gasteiger partial charge on any atom is -0.354 e. The summed E-state index contributed by atoms with van der Waals surface area (Å²) in [5, 5.41) is 3.07. The standard InChI is InChI=1S/C15H18N4O/c1-3-9-16-15-17-10-12(11-18-15)14(20)19(2)13-7-5-4-6-8-13/h4-8,10-11H,3,9H2,1-2H3,(H,16,17,18). The predicted molar refractivity (Wildman–Crippen MR) is 80.0 cm³/mol. The summed E-state index contributed by atoms with van der Waals surface area (Å²) in [5.41, 5.74) is 1.31. The SMILES string of the molecule is CCCNc1ncc(C(=O)N(C)c2ccccc2)cn1. The summed E-state index contributed by atoms with van der Waals surface area (Å²) in [4.78, 5) is 22.2. The first-order chi connectivity index (χ1) is 9.72. The zero-order valence-corrected chi connectivity index (χ0v) is 11.7. The molecule has 0 saturated heterocycles. The molecule has 2 rings (SSSR count). The summed E-state index contributed by atoms with van der Waals surface area (Å²) in [7, 11) is 1.74. The molecule has 104 valence electrons. The molecule has 0 saturated carbocycles. The van der Waals surface area contributed by atoms with E-state index in [9.17, 15) is 4.79 Å². The predicted octanol–water partition coefficient (Wildman–Crippen LogP) is 2.58. The first kappa shape index (κ1) is 14.0. The van der Waals surface area contributed by atoms with Crippen LogP contribution in [0.2, 0.25) is 0 Å². The Morgan fingerprint density at radius 2 is 1.85 bits per heavy atom. The van der Waals surface area contributed by atoms with Gasteiger partial charge < -0.3 is 10.2 Å². The van der Waals surface area contributed by atoms with Gasteiger partial charge in [-0.05, 0) is 18.6 Å². The van der Waals surface area contributed by atoms with E-state index in [-0.39, 0.29) is 5.91 Å². The van der Waals surface area contributed by atoms with E-state index in [0.717, 1.165) is 18.7 Å².